The van der Waals surface area contributed by atoms with Crippen LogP contribution >= 0.6 is 23.2 Å². The number of carbonyl (C=O) groups is 1. The number of halogens is 2. The molecule has 2 rings (SSSR count). The molecule has 0 bridgehead atoms. The molecular weight excluding hydrogens is 333 g/mol. The van der Waals surface area contributed by atoms with Crippen LogP contribution in [0.3, 0.4) is 0 Å². The maximum Gasteiger partial charge on any atom is 0.224 e. The van der Waals surface area contributed by atoms with Gasteiger partial charge in [0.1, 0.15) is 5.75 Å². The smallest absolute Gasteiger partial charge is 0.224 e. The number of ether oxygens (including phenoxy) is 1. The maximum atomic E-state index is 11.9. The Balaban J connectivity index is 1.77. The molecule has 1 N–H and O–H groups in total. The highest BCUT2D eigenvalue weighted by Crippen LogP contribution is 2.26. The molecule has 0 fully saturated rings. The highest BCUT2D eigenvalue weighted by Gasteiger charge is 2.06. The largest absolute Gasteiger partial charge is 0.494 e. The number of hydrogen-bond acceptors (Lipinski definition) is 2. The van der Waals surface area contributed by atoms with Crippen LogP contribution in [0.4, 0.5) is 5.69 Å². The SMILES string of the molecule is Cc1cc(OCCCC(=O)Nc2ccccc2Cl)cc(C)c1Cl. The predicted octanol–water partition coefficient (Wildman–Crippen LogP) is 5.41. The van der Waals surface area contributed by atoms with Crippen LogP contribution in [0.25, 0.3) is 0 Å². The molecule has 2 aromatic carbocycles. The zero-order valence-electron chi connectivity index (χ0n) is 13.2. The number of amides is 1. The Hall–Kier alpha value is -1.71. The van der Waals surface area contributed by atoms with Crippen LogP contribution in [0.1, 0.15) is 24.0 Å². The summed E-state index contributed by atoms with van der Waals surface area (Å²) in [7, 11) is 0. The molecule has 0 aliphatic heterocycles. The van der Waals surface area contributed by atoms with Gasteiger partial charge in [-0.2, -0.15) is 0 Å². The summed E-state index contributed by atoms with van der Waals surface area (Å²) >= 11 is 12.1. The zero-order valence-corrected chi connectivity index (χ0v) is 14.7. The van der Waals surface area contributed by atoms with Crippen molar-refractivity contribution in [2.45, 2.75) is 26.7 Å². The summed E-state index contributed by atoms with van der Waals surface area (Å²) in [5.74, 6) is 0.695. The van der Waals surface area contributed by atoms with E-state index in [-0.39, 0.29) is 5.91 Å². The molecule has 122 valence electrons. The number of para-hydroxylation sites is 1. The first-order chi connectivity index (χ1) is 11.0. The Morgan fingerprint density at radius 3 is 2.43 bits per heavy atom. The summed E-state index contributed by atoms with van der Waals surface area (Å²) in [6, 6.07) is 11.0. The van der Waals surface area contributed by atoms with Crippen LogP contribution in [0.5, 0.6) is 5.75 Å². The van der Waals surface area contributed by atoms with Gasteiger partial charge in [0.2, 0.25) is 5.91 Å². The van der Waals surface area contributed by atoms with Gasteiger partial charge in [0.15, 0.2) is 0 Å². The lowest BCUT2D eigenvalue weighted by Crippen LogP contribution is -2.13. The average Bonchev–Trinajstić information content (AvgIpc) is 2.51. The number of hydrogen-bond donors (Lipinski definition) is 1. The fourth-order valence-corrected chi connectivity index (χ4v) is 2.48. The Kier molecular flexibility index (Phi) is 6.31. The van der Waals surface area contributed by atoms with Gasteiger partial charge in [-0.25, -0.2) is 0 Å². The second-order valence-corrected chi connectivity index (χ2v) is 6.14. The molecule has 23 heavy (non-hydrogen) atoms. The standard InChI is InChI=1S/C18H19Cl2NO2/c1-12-10-14(11-13(2)18(12)20)23-9-5-8-17(22)21-16-7-4-3-6-15(16)19/h3-4,6-7,10-11H,5,8-9H2,1-2H3,(H,21,22). The van der Waals surface area contributed by atoms with Crippen molar-refractivity contribution in [2.24, 2.45) is 0 Å². The first-order valence-corrected chi connectivity index (χ1v) is 8.17. The van der Waals surface area contributed by atoms with Gasteiger partial charge in [-0.3, -0.25) is 4.79 Å². The molecule has 0 heterocycles. The van der Waals surface area contributed by atoms with E-state index in [0.29, 0.717) is 30.2 Å². The van der Waals surface area contributed by atoms with E-state index in [1.54, 1.807) is 12.1 Å². The van der Waals surface area contributed by atoms with E-state index in [2.05, 4.69) is 5.32 Å². The maximum absolute atomic E-state index is 11.9. The minimum atomic E-state index is -0.0785. The number of carbonyl (C=O) groups excluding carboxylic acids is 1. The highest BCUT2D eigenvalue weighted by molar-refractivity contribution is 6.33. The summed E-state index contributed by atoms with van der Waals surface area (Å²) in [4.78, 5) is 11.9. The van der Waals surface area contributed by atoms with Crippen molar-refractivity contribution in [1.29, 1.82) is 0 Å². The lowest BCUT2D eigenvalue weighted by Gasteiger charge is -2.10. The molecule has 0 saturated heterocycles. The van der Waals surface area contributed by atoms with Crippen LogP contribution in [-0.4, -0.2) is 12.5 Å². The minimum Gasteiger partial charge on any atom is -0.494 e. The van der Waals surface area contributed by atoms with E-state index >= 15 is 0 Å². The van der Waals surface area contributed by atoms with Crippen molar-refractivity contribution in [3.05, 3.63) is 57.6 Å². The summed E-state index contributed by atoms with van der Waals surface area (Å²) in [6.45, 7) is 4.36. The molecule has 5 heteroatoms. The van der Waals surface area contributed by atoms with Crippen LogP contribution in [0, 0.1) is 13.8 Å². The van der Waals surface area contributed by atoms with Gasteiger partial charge in [0.25, 0.3) is 0 Å². The molecule has 3 nitrogen and oxygen atoms in total. The fourth-order valence-electron chi connectivity index (χ4n) is 2.19. The normalized spacial score (nSPS) is 10.4. The van der Waals surface area contributed by atoms with E-state index in [1.807, 2.05) is 38.1 Å². The van der Waals surface area contributed by atoms with Gasteiger partial charge >= 0.3 is 0 Å². The Labute approximate surface area is 146 Å². The molecule has 0 spiro atoms. The Morgan fingerprint density at radius 2 is 1.78 bits per heavy atom. The van der Waals surface area contributed by atoms with Gasteiger partial charge in [0, 0.05) is 11.4 Å². The van der Waals surface area contributed by atoms with Crippen LogP contribution in [0.2, 0.25) is 10.0 Å². The minimum absolute atomic E-state index is 0.0785. The second kappa shape index (κ2) is 8.23. The molecular formula is C18H19Cl2NO2. The molecule has 2 aromatic rings. The summed E-state index contributed by atoms with van der Waals surface area (Å²) in [5, 5.41) is 4.08. The number of aryl methyl sites for hydroxylation is 2. The quantitative estimate of drug-likeness (QED) is 0.706. The third-order valence-electron chi connectivity index (χ3n) is 3.37. The Bertz CT molecular complexity index is 678. The van der Waals surface area contributed by atoms with Crippen molar-refractivity contribution >= 4 is 34.8 Å². The van der Waals surface area contributed by atoms with Gasteiger partial charge in [0.05, 0.1) is 17.3 Å². The van der Waals surface area contributed by atoms with Gasteiger partial charge in [-0.15, -0.1) is 0 Å². The van der Waals surface area contributed by atoms with Crippen molar-refractivity contribution in [1.82, 2.24) is 0 Å². The van der Waals surface area contributed by atoms with E-state index in [1.165, 1.54) is 0 Å². The summed E-state index contributed by atoms with van der Waals surface area (Å²) in [5.41, 5.74) is 2.60. The molecule has 0 aromatic heterocycles. The molecule has 0 unspecified atom stereocenters. The zero-order chi connectivity index (χ0) is 16.8. The molecule has 0 saturated carbocycles. The number of benzene rings is 2. The van der Waals surface area contributed by atoms with E-state index in [9.17, 15) is 4.79 Å². The molecule has 0 aliphatic carbocycles. The molecule has 1 amide bonds. The van der Waals surface area contributed by atoms with Crippen molar-refractivity contribution in [3.8, 4) is 5.75 Å². The predicted molar refractivity (Wildman–Crippen MR) is 95.7 cm³/mol. The Morgan fingerprint density at radius 1 is 1.13 bits per heavy atom. The molecule has 0 radical (unpaired) electrons. The fraction of sp³-hybridized carbons (Fsp3) is 0.278. The lowest BCUT2D eigenvalue weighted by molar-refractivity contribution is -0.116. The highest BCUT2D eigenvalue weighted by atomic mass is 35.5. The van der Waals surface area contributed by atoms with Crippen LogP contribution < -0.4 is 10.1 Å². The van der Waals surface area contributed by atoms with E-state index < -0.39 is 0 Å². The monoisotopic (exact) mass is 351 g/mol. The molecule has 0 aliphatic rings. The number of anilines is 1. The van der Waals surface area contributed by atoms with Crippen molar-refractivity contribution in [2.75, 3.05) is 11.9 Å². The number of rotatable bonds is 6. The van der Waals surface area contributed by atoms with Gasteiger partial charge in [-0.1, -0.05) is 35.3 Å². The van der Waals surface area contributed by atoms with Crippen molar-refractivity contribution in [3.63, 3.8) is 0 Å². The van der Waals surface area contributed by atoms with Crippen LogP contribution in [0.15, 0.2) is 36.4 Å². The van der Waals surface area contributed by atoms with E-state index in [4.69, 9.17) is 27.9 Å². The van der Waals surface area contributed by atoms with E-state index in [0.717, 1.165) is 21.9 Å². The topological polar surface area (TPSA) is 38.3 Å². The van der Waals surface area contributed by atoms with Crippen LogP contribution in [-0.2, 0) is 4.79 Å². The summed E-state index contributed by atoms with van der Waals surface area (Å²) in [6.07, 6.45) is 0.994. The summed E-state index contributed by atoms with van der Waals surface area (Å²) < 4.78 is 5.68. The molecule has 0 atom stereocenters. The van der Waals surface area contributed by atoms with Gasteiger partial charge in [-0.05, 0) is 55.7 Å². The average molecular weight is 352 g/mol. The van der Waals surface area contributed by atoms with Crippen molar-refractivity contribution < 1.29 is 9.53 Å². The lowest BCUT2D eigenvalue weighted by atomic mass is 10.1. The first-order valence-electron chi connectivity index (χ1n) is 7.41. The third kappa shape index (κ3) is 5.15. The first kappa shape index (κ1) is 17.6. The number of nitrogens with one attached hydrogen (secondary N) is 1. The van der Waals surface area contributed by atoms with Gasteiger partial charge < -0.3 is 10.1 Å². The third-order valence-corrected chi connectivity index (χ3v) is 4.30. The second-order valence-electron chi connectivity index (χ2n) is 5.35.